The number of urea groups is 1. The number of nitrogens with one attached hydrogen (secondary N) is 2. The quantitative estimate of drug-likeness (QED) is 0.569. The molecule has 6 heteroatoms. The van der Waals surface area contributed by atoms with Gasteiger partial charge < -0.3 is 20.5 Å². The van der Waals surface area contributed by atoms with Gasteiger partial charge in [0.1, 0.15) is 0 Å². The van der Waals surface area contributed by atoms with E-state index in [1.807, 2.05) is 13.8 Å². The smallest absolute Gasteiger partial charge is 0.314 e. The van der Waals surface area contributed by atoms with Gasteiger partial charge in [0.2, 0.25) is 0 Å². The predicted molar refractivity (Wildman–Crippen MR) is 80.3 cm³/mol. The second kappa shape index (κ2) is 8.87. The number of carboxylic acid groups (broad SMARTS) is 1. The van der Waals surface area contributed by atoms with Gasteiger partial charge >= 0.3 is 12.0 Å². The van der Waals surface area contributed by atoms with Gasteiger partial charge in [0.05, 0.1) is 11.5 Å². The second-order valence-electron chi connectivity index (χ2n) is 6.03. The Balaban J connectivity index is 2.12. The molecule has 0 saturated heterocycles. The monoisotopic (exact) mass is 300 g/mol. The van der Waals surface area contributed by atoms with Crippen LogP contribution in [0.15, 0.2) is 0 Å². The molecule has 0 radical (unpaired) electrons. The van der Waals surface area contributed by atoms with Crippen LogP contribution >= 0.6 is 0 Å². The molecular formula is C15H28N2O4. The number of hydrogen-bond acceptors (Lipinski definition) is 3. The van der Waals surface area contributed by atoms with Crippen molar-refractivity contribution < 1.29 is 19.4 Å². The summed E-state index contributed by atoms with van der Waals surface area (Å²) in [6.07, 6.45) is 5.13. The lowest BCUT2D eigenvalue weighted by molar-refractivity contribution is -0.148. The molecule has 122 valence electrons. The second-order valence-corrected chi connectivity index (χ2v) is 6.03. The van der Waals surface area contributed by atoms with Crippen molar-refractivity contribution in [1.29, 1.82) is 0 Å². The van der Waals surface area contributed by atoms with Gasteiger partial charge in [-0.05, 0) is 39.5 Å². The lowest BCUT2D eigenvalue weighted by Crippen LogP contribution is -2.45. The van der Waals surface area contributed by atoms with Gasteiger partial charge in [-0.2, -0.15) is 0 Å². The molecule has 1 aliphatic rings. The summed E-state index contributed by atoms with van der Waals surface area (Å²) in [5.41, 5.74) is -0.761. The summed E-state index contributed by atoms with van der Waals surface area (Å²) in [6, 6.07) is -0.285. The van der Waals surface area contributed by atoms with Crippen LogP contribution in [0.2, 0.25) is 0 Å². The lowest BCUT2D eigenvalue weighted by atomic mass is 9.86. The van der Waals surface area contributed by atoms with Crippen molar-refractivity contribution >= 4 is 12.0 Å². The molecule has 0 aromatic rings. The van der Waals surface area contributed by atoms with E-state index in [1.54, 1.807) is 0 Å². The summed E-state index contributed by atoms with van der Waals surface area (Å²) in [7, 11) is 0. The average Bonchev–Trinajstić information content (AvgIpc) is 2.90. The van der Waals surface area contributed by atoms with E-state index in [0.717, 1.165) is 25.7 Å². The molecule has 1 rings (SSSR count). The first-order valence-corrected chi connectivity index (χ1v) is 7.83. The Bertz CT molecular complexity index is 339. The zero-order valence-corrected chi connectivity index (χ0v) is 13.1. The van der Waals surface area contributed by atoms with E-state index in [-0.39, 0.29) is 18.7 Å². The van der Waals surface area contributed by atoms with Gasteiger partial charge in [0, 0.05) is 19.7 Å². The highest BCUT2D eigenvalue weighted by atomic mass is 16.5. The topological polar surface area (TPSA) is 87.7 Å². The van der Waals surface area contributed by atoms with Crippen molar-refractivity contribution in [1.82, 2.24) is 10.6 Å². The molecular weight excluding hydrogens is 272 g/mol. The van der Waals surface area contributed by atoms with Crippen LogP contribution in [0.25, 0.3) is 0 Å². The van der Waals surface area contributed by atoms with Crippen molar-refractivity contribution in [3.63, 3.8) is 0 Å². The fourth-order valence-corrected chi connectivity index (χ4v) is 2.58. The zero-order valence-electron chi connectivity index (χ0n) is 13.1. The molecule has 1 saturated carbocycles. The van der Waals surface area contributed by atoms with Crippen molar-refractivity contribution in [2.24, 2.45) is 5.41 Å². The molecule has 1 aliphatic carbocycles. The molecule has 0 heterocycles. The number of aliphatic carboxylic acids is 1. The number of amides is 2. The normalized spacial score (nSPS) is 16.9. The van der Waals surface area contributed by atoms with Gasteiger partial charge in [0.15, 0.2) is 0 Å². The van der Waals surface area contributed by atoms with E-state index >= 15 is 0 Å². The molecule has 3 N–H and O–H groups in total. The number of hydrogen-bond donors (Lipinski definition) is 3. The maximum absolute atomic E-state index is 11.7. The Hall–Kier alpha value is -1.30. The summed E-state index contributed by atoms with van der Waals surface area (Å²) < 4.78 is 5.41. The van der Waals surface area contributed by atoms with E-state index in [2.05, 4.69) is 10.6 Å². The lowest BCUT2D eigenvalue weighted by Gasteiger charge is -2.24. The maximum atomic E-state index is 11.7. The minimum absolute atomic E-state index is 0.213. The summed E-state index contributed by atoms with van der Waals surface area (Å²) in [5.74, 6) is -0.800. The third kappa shape index (κ3) is 6.33. The highest BCUT2D eigenvalue weighted by Crippen LogP contribution is 2.37. The standard InChI is InChI=1S/C15H28N2O4/c1-12(2)21-10-6-5-9-16-14(20)17-11-15(13(18)19)7-3-4-8-15/h12H,3-11H2,1-2H3,(H,18,19)(H2,16,17,20). The largest absolute Gasteiger partial charge is 0.481 e. The number of unbranched alkanes of at least 4 members (excludes halogenated alkanes) is 1. The number of ether oxygens (including phenoxy) is 1. The summed E-state index contributed by atoms with van der Waals surface area (Å²) >= 11 is 0. The van der Waals surface area contributed by atoms with E-state index in [0.29, 0.717) is 26.0 Å². The molecule has 0 aliphatic heterocycles. The maximum Gasteiger partial charge on any atom is 0.314 e. The van der Waals surface area contributed by atoms with Crippen LogP contribution in [0, 0.1) is 5.41 Å². The first-order valence-electron chi connectivity index (χ1n) is 7.83. The van der Waals surface area contributed by atoms with E-state index < -0.39 is 11.4 Å². The predicted octanol–water partition coefficient (Wildman–Crippen LogP) is 2.14. The highest BCUT2D eigenvalue weighted by Gasteiger charge is 2.41. The minimum Gasteiger partial charge on any atom is -0.481 e. The molecule has 0 spiro atoms. The SMILES string of the molecule is CC(C)OCCCCNC(=O)NCC1(C(=O)O)CCCC1. The molecule has 2 amide bonds. The van der Waals surface area contributed by atoms with Gasteiger partial charge in [-0.25, -0.2) is 4.79 Å². The van der Waals surface area contributed by atoms with E-state index in [9.17, 15) is 14.7 Å². The molecule has 0 atom stereocenters. The van der Waals surface area contributed by atoms with Crippen LogP contribution in [0.3, 0.4) is 0 Å². The van der Waals surface area contributed by atoms with E-state index in [1.165, 1.54) is 0 Å². The van der Waals surface area contributed by atoms with Crippen LogP contribution in [0.1, 0.15) is 52.4 Å². The van der Waals surface area contributed by atoms with Gasteiger partial charge in [-0.1, -0.05) is 12.8 Å². The van der Waals surface area contributed by atoms with Gasteiger partial charge in [-0.15, -0.1) is 0 Å². The fourth-order valence-electron chi connectivity index (χ4n) is 2.58. The molecule has 0 aromatic carbocycles. The Morgan fingerprint density at radius 1 is 1.19 bits per heavy atom. The average molecular weight is 300 g/mol. The van der Waals surface area contributed by atoms with Crippen LogP contribution in [0.4, 0.5) is 4.79 Å². The Morgan fingerprint density at radius 3 is 2.43 bits per heavy atom. The summed E-state index contributed by atoms with van der Waals surface area (Å²) in [4.78, 5) is 23.0. The number of carbonyl (C=O) groups is 2. The van der Waals surface area contributed by atoms with Crippen molar-refractivity contribution in [3.05, 3.63) is 0 Å². The minimum atomic E-state index is -0.800. The summed E-state index contributed by atoms with van der Waals surface area (Å²) in [6.45, 7) is 5.47. The number of rotatable bonds is 9. The Labute approximate surface area is 126 Å². The first kappa shape index (κ1) is 17.8. The van der Waals surface area contributed by atoms with Crippen LogP contribution < -0.4 is 10.6 Å². The van der Waals surface area contributed by atoms with E-state index in [4.69, 9.17) is 4.74 Å². The summed E-state index contributed by atoms with van der Waals surface area (Å²) in [5, 5.41) is 14.8. The van der Waals surface area contributed by atoms with Crippen molar-refractivity contribution in [2.75, 3.05) is 19.7 Å². The molecule has 0 bridgehead atoms. The van der Waals surface area contributed by atoms with Crippen molar-refractivity contribution in [2.45, 2.75) is 58.5 Å². The molecule has 0 unspecified atom stereocenters. The third-order valence-electron chi connectivity index (χ3n) is 3.91. The zero-order chi connectivity index (χ0) is 15.7. The highest BCUT2D eigenvalue weighted by molar-refractivity contribution is 5.78. The van der Waals surface area contributed by atoms with Crippen LogP contribution in [0.5, 0.6) is 0 Å². The van der Waals surface area contributed by atoms with Crippen LogP contribution in [-0.4, -0.2) is 42.9 Å². The Morgan fingerprint density at radius 2 is 1.86 bits per heavy atom. The molecule has 1 fully saturated rings. The molecule has 0 aromatic heterocycles. The van der Waals surface area contributed by atoms with Gasteiger partial charge in [-0.3, -0.25) is 4.79 Å². The third-order valence-corrected chi connectivity index (χ3v) is 3.91. The fraction of sp³-hybridized carbons (Fsp3) is 0.867. The number of carbonyl (C=O) groups excluding carboxylic acids is 1. The van der Waals surface area contributed by atoms with Crippen molar-refractivity contribution in [3.8, 4) is 0 Å². The number of carboxylic acids is 1. The van der Waals surface area contributed by atoms with Gasteiger partial charge in [0.25, 0.3) is 0 Å². The molecule has 21 heavy (non-hydrogen) atoms. The van der Waals surface area contributed by atoms with Crippen LogP contribution in [-0.2, 0) is 9.53 Å². The Kier molecular flexibility index (Phi) is 7.50. The molecule has 6 nitrogen and oxygen atoms in total. The first-order chi connectivity index (χ1) is 9.96.